The van der Waals surface area contributed by atoms with Gasteiger partial charge in [0.15, 0.2) is 0 Å². The quantitative estimate of drug-likeness (QED) is 0.489. The van der Waals surface area contributed by atoms with E-state index in [2.05, 4.69) is 48.7 Å². The molecule has 0 spiro atoms. The van der Waals surface area contributed by atoms with Crippen molar-refractivity contribution < 1.29 is 27.8 Å². The molecule has 3 aromatic rings. The number of carboxylic acids is 1. The lowest BCUT2D eigenvalue weighted by Crippen LogP contribution is -2.21. The summed E-state index contributed by atoms with van der Waals surface area (Å²) >= 11 is 0. The number of unbranched alkanes of at least 4 members (excludes halogenated alkanes) is 1. The molecule has 8 heteroatoms. The van der Waals surface area contributed by atoms with Crippen LogP contribution in [0.4, 0.5) is 13.2 Å². The molecule has 1 aromatic heterocycles. The Balaban J connectivity index is 0.000000451. The minimum absolute atomic E-state index is 0.850. The fraction of sp³-hybridized carbons (Fsp3) is 0.333. The van der Waals surface area contributed by atoms with Crippen molar-refractivity contribution in [2.75, 3.05) is 7.11 Å². The van der Waals surface area contributed by atoms with Crippen LogP contribution < -0.4 is 4.74 Å². The van der Waals surface area contributed by atoms with E-state index in [-0.39, 0.29) is 0 Å². The van der Waals surface area contributed by atoms with Crippen LogP contribution in [0.2, 0.25) is 0 Å². The van der Waals surface area contributed by atoms with E-state index >= 15 is 0 Å². The predicted molar refractivity (Wildman–Crippen MR) is 117 cm³/mol. The number of aromatic nitrogens is 2. The van der Waals surface area contributed by atoms with Gasteiger partial charge in [0.2, 0.25) is 0 Å². The summed E-state index contributed by atoms with van der Waals surface area (Å²) in [7, 11) is 1.72. The fourth-order valence-corrected chi connectivity index (χ4v) is 3.22. The highest BCUT2D eigenvalue weighted by Crippen LogP contribution is 2.32. The van der Waals surface area contributed by atoms with E-state index in [4.69, 9.17) is 19.6 Å². The summed E-state index contributed by atoms with van der Waals surface area (Å²) in [6, 6.07) is 16.8. The maximum atomic E-state index is 10.6. The highest BCUT2D eigenvalue weighted by molar-refractivity contribution is 5.73. The van der Waals surface area contributed by atoms with E-state index in [0.717, 1.165) is 36.4 Å². The van der Waals surface area contributed by atoms with E-state index in [1.165, 1.54) is 23.2 Å². The normalized spacial score (nSPS) is 10.9. The lowest BCUT2D eigenvalue weighted by Gasteiger charge is -2.12. The zero-order valence-corrected chi connectivity index (χ0v) is 18.3. The van der Waals surface area contributed by atoms with Gasteiger partial charge in [0.25, 0.3) is 0 Å². The van der Waals surface area contributed by atoms with Crippen molar-refractivity contribution in [3.8, 4) is 17.0 Å². The van der Waals surface area contributed by atoms with E-state index < -0.39 is 12.1 Å². The molecule has 2 aromatic carbocycles. The molecule has 0 atom stereocenters. The molecular weight excluding hydrogens is 421 g/mol. The highest BCUT2D eigenvalue weighted by atomic mass is 19.4. The zero-order chi connectivity index (χ0) is 23.7. The monoisotopic (exact) mass is 448 g/mol. The first-order valence-electron chi connectivity index (χ1n) is 10.2. The lowest BCUT2D eigenvalue weighted by atomic mass is 10.1. The average Bonchev–Trinajstić information content (AvgIpc) is 3.14. The topological polar surface area (TPSA) is 64.4 Å². The van der Waals surface area contributed by atoms with E-state index in [1.807, 2.05) is 24.5 Å². The van der Waals surface area contributed by atoms with Crippen LogP contribution in [0.15, 0.2) is 54.9 Å². The SMILES string of the molecule is CCCCc1c(-c2ccccc2OC)ncn1Cc1cccc(C)c1.O=C(O)C(F)(F)F. The molecule has 0 radical (unpaired) electrons. The van der Waals surface area contributed by atoms with Crippen LogP contribution in [0.25, 0.3) is 11.3 Å². The Kier molecular flexibility index (Phi) is 8.87. The van der Waals surface area contributed by atoms with Crippen molar-refractivity contribution in [3.05, 3.63) is 71.7 Å². The number of alkyl halides is 3. The third-order valence-corrected chi connectivity index (χ3v) is 4.75. The molecule has 0 bridgehead atoms. The van der Waals surface area contributed by atoms with Gasteiger partial charge in [-0.15, -0.1) is 0 Å². The van der Waals surface area contributed by atoms with Gasteiger partial charge >= 0.3 is 12.1 Å². The second kappa shape index (κ2) is 11.4. The van der Waals surface area contributed by atoms with Crippen LogP contribution >= 0.6 is 0 Å². The van der Waals surface area contributed by atoms with Gasteiger partial charge in [-0.1, -0.05) is 55.3 Å². The van der Waals surface area contributed by atoms with Crippen LogP contribution in [-0.4, -0.2) is 33.9 Å². The molecule has 32 heavy (non-hydrogen) atoms. The predicted octanol–water partition coefficient (Wildman–Crippen LogP) is 5.89. The highest BCUT2D eigenvalue weighted by Gasteiger charge is 2.38. The molecule has 0 aliphatic heterocycles. The molecule has 0 saturated carbocycles. The summed E-state index contributed by atoms with van der Waals surface area (Å²) < 4.78 is 39.6. The summed E-state index contributed by atoms with van der Waals surface area (Å²) in [5.41, 5.74) is 5.99. The van der Waals surface area contributed by atoms with Gasteiger partial charge in [-0.05, 0) is 37.5 Å². The minimum Gasteiger partial charge on any atom is -0.496 e. The molecule has 0 amide bonds. The van der Waals surface area contributed by atoms with Crippen LogP contribution in [0.3, 0.4) is 0 Å². The van der Waals surface area contributed by atoms with Gasteiger partial charge in [0.1, 0.15) is 5.75 Å². The van der Waals surface area contributed by atoms with Gasteiger partial charge < -0.3 is 14.4 Å². The number of imidazole rings is 1. The van der Waals surface area contributed by atoms with Gasteiger partial charge in [0, 0.05) is 17.8 Å². The number of hydrogen-bond acceptors (Lipinski definition) is 3. The van der Waals surface area contributed by atoms with E-state index in [9.17, 15) is 13.2 Å². The van der Waals surface area contributed by atoms with Crippen molar-refractivity contribution in [2.24, 2.45) is 0 Å². The number of aliphatic carboxylic acids is 1. The molecule has 0 saturated heterocycles. The van der Waals surface area contributed by atoms with Crippen molar-refractivity contribution >= 4 is 5.97 Å². The largest absolute Gasteiger partial charge is 0.496 e. The third-order valence-electron chi connectivity index (χ3n) is 4.75. The van der Waals surface area contributed by atoms with Crippen LogP contribution in [-0.2, 0) is 17.8 Å². The number of aryl methyl sites for hydroxylation is 1. The van der Waals surface area contributed by atoms with Gasteiger partial charge in [-0.25, -0.2) is 9.78 Å². The molecule has 5 nitrogen and oxygen atoms in total. The van der Waals surface area contributed by atoms with Gasteiger partial charge in [0.05, 0.1) is 19.1 Å². The standard InChI is InChI=1S/C22H26N2O.C2HF3O2/c1-4-5-12-20-22(19-11-6-7-13-21(19)25-3)23-16-24(20)15-18-10-8-9-17(2)14-18;3-2(4,5)1(6)7/h6-11,13-14,16H,4-5,12,15H2,1-3H3;(H,6,7). The number of benzene rings is 2. The van der Waals surface area contributed by atoms with Crippen LogP contribution in [0, 0.1) is 6.92 Å². The number of para-hydroxylation sites is 1. The van der Waals surface area contributed by atoms with Crippen molar-refractivity contribution in [2.45, 2.75) is 45.8 Å². The lowest BCUT2D eigenvalue weighted by molar-refractivity contribution is -0.192. The summed E-state index contributed by atoms with van der Waals surface area (Å²) in [6.07, 6.45) is 0.230. The molecule has 172 valence electrons. The Morgan fingerprint density at radius 1 is 1.16 bits per heavy atom. The number of hydrogen-bond donors (Lipinski definition) is 1. The molecule has 0 aliphatic rings. The molecule has 1 heterocycles. The average molecular weight is 448 g/mol. The number of methoxy groups -OCH3 is 1. The maximum Gasteiger partial charge on any atom is 0.490 e. The number of carboxylic acid groups (broad SMARTS) is 1. The first kappa shape index (κ1) is 25.0. The van der Waals surface area contributed by atoms with Crippen molar-refractivity contribution in [1.82, 2.24) is 9.55 Å². The number of halogens is 3. The number of ether oxygens (including phenoxy) is 1. The maximum absolute atomic E-state index is 10.6. The number of nitrogens with zero attached hydrogens (tertiary/aromatic N) is 2. The van der Waals surface area contributed by atoms with Crippen LogP contribution in [0.1, 0.15) is 36.6 Å². The Bertz CT molecular complexity index is 1030. The molecule has 0 unspecified atom stereocenters. The van der Waals surface area contributed by atoms with Gasteiger partial charge in [-0.2, -0.15) is 13.2 Å². The van der Waals surface area contributed by atoms with Crippen LogP contribution in [0.5, 0.6) is 5.75 Å². The molecule has 0 fully saturated rings. The van der Waals surface area contributed by atoms with Crippen molar-refractivity contribution in [3.63, 3.8) is 0 Å². The van der Waals surface area contributed by atoms with E-state index in [0.29, 0.717) is 0 Å². The first-order chi connectivity index (χ1) is 15.2. The number of carbonyl (C=O) groups is 1. The van der Waals surface area contributed by atoms with Crippen molar-refractivity contribution in [1.29, 1.82) is 0 Å². The first-order valence-corrected chi connectivity index (χ1v) is 10.2. The summed E-state index contributed by atoms with van der Waals surface area (Å²) in [4.78, 5) is 13.6. The Labute approximate surface area is 185 Å². The molecular formula is C24H27F3N2O3. The fourth-order valence-electron chi connectivity index (χ4n) is 3.22. The Hall–Kier alpha value is -3.29. The summed E-state index contributed by atoms with van der Waals surface area (Å²) in [6.45, 7) is 5.21. The van der Waals surface area contributed by atoms with E-state index in [1.54, 1.807) is 7.11 Å². The summed E-state index contributed by atoms with van der Waals surface area (Å²) in [5, 5.41) is 7.12. The smallest absolute Gasteiger partial charge is 0.490 e. The Morgan fingerprint density at radius 2 is 1.84 bits per heavy atom. The number of rotatable bonds is 7. The zero-order valence-electron chi connectivity index (χ0n) is 18.3. The van der Waals surface area contributed by atoms with Gasteiger partial charge in [-0.3, -0.25) is 0 Å². The minimum atomic E-state index is -5.08. The molecule has 1 N–H and O–H groups in total. The second-order valence-corrected chi connectivity index (χ2v) is 7.26. The summed E-state index contributed by atoms with van der Waals surface area (Å²) in [5.74, 6) is -1.88. The molecule has 0 aliphatic carbocycles. The second-order valence-electron chi connectivity index (χ2n) is 7.26. The Morgan fingerprint density at radius 3 is 2.44 bits per heavy atom. The third kappa shape index (κ3) is 6.87. The molecule has 3 rings (SSSR count).